The van der Waals surface area contributed by atoms with Gasteiger partial charge in [0.05, 0.1) is 11.7 Å². The van der Waals surface area contributed by atoms with E-state index >= 15 is 0 Å². The van der Waals surface area contributed by atoms with Crippen LogP contribution in [0, 0.1) is 0 Å². The van der Waals surface area contributed by atoms with Crippen LogP contribution in [0.3, 0.4) is 0 Å². The lowest BCUT2D eigenvalue weighted by atomic mass is 9.92. The maximum absolute atomic E-state index is 13.0. The molecule has 1 N–H and O–H groups in total. The van der Waals surface area contributed by atoms with E-state index in [1.807, 2.05) is 6.92 Å². The quantitative estimate of drug-likeness (QED) is 0.909. The second-order valence-corrected chi connectivity index (χ2v) is 4.94. The van der Waals surface area contributed by atoms with Crippen molar-refractivity contribution in [2.75, 3.05) is 0 Å². The first-order chi connectivity index (χ1) is 8.90. The van der Waals surface area contributed by atoms with Crippen LogP contribution in [-0.4, -0.2) is 17.3 Å². The Morgan fingerprint density at radius 1 is 1.32 bits per heavy atom. The highest BCUT2D eigenvalue weighted by Crippen LogP contribution is 2.39. The van der Waals surface area contributed by atoms with Gasteiger partial charge in [-0.05, 0) is 24.1 Å². The van der Waals surface area contributed by atoms with Crippen molar-refractivity contribution in [2.24, 2.45) is 0 Å². The van der Waals surface area contributed by atoms with Gasteiger partial charge in [0.1, 0.15) is 11.9 Å². The van der Waals surface area contributed by atoms with Crippen molar-refractivity contribution in [1.29, 1.82) is 0 Å². The zero-order valence-electron chi connectivity index (χ0n) is 10.7. The first-order valence-electron chi connectivity index (χ1n) is 6.45. The largest absolute Gasteiger partial charge is 0.490 e. The summed E-state index contributed by atoms with van der Waals surface area (Å²) in [5.74, 6) is -0.135. The van der Waals surface area contributed by atoms with Gasteiger partial charge in [0.15, 0.2) is 0 Å². The summed E-state index contributed by atoms with van der Waals surface area (Å²) >= 11 is 0. The number of rotatable bonds is 4. The molecule has 0 heterocycles. The summed E-state index contributed by atoms with van der Waals surface area (Å²) in [5.41, 5.74) is -0.0596. The first kappa shape index (κ1) is 14.2. The molecule has 0 aliphatic heterocycles. The predicted octanol–water partition coefficient (Wildman–Crippen LogP) is 3.56. The fourth-order valence-electron chi connectivity index (χ4n) is 2.16. The van der Waals surface area contributed by atoms with Gasteiger partial charge in [-0.3, -0.25) is 0 Å². The molecule has 1 aromatic carbocycles. The van der Waals surface area contributed by atoms with E-state index in [4.69, 9.17) is 9.84 Å². The molecule has 0 radical (unpaired) electrons. The highest BCUT2D eigenvalue weighted by Gasteiger charge is 2.37. The second-order valence-electron chi connectivity index (χ2n) is 4.94. The zero-order valence-corrected chi connectivity index (χ0v) is 10.7. The van der Waals surface area contributed by atoms with E-state index in [0.717, 1.165) is 12.5 Å². The van der Waals surface area contributed by atoms with E-state index in [1.54, 1.807) is 6.07 Å². The number of ether oxygens (including phenoxy) is 1. The fourth-order valence-corrected chi connectivity index (χ4v) is 2.16. The average molecular weight is 274 g/mol. The zero-order chi connectivity index (χ0) is 14.0. The van der Waals surface area contributed by atoms with Gasteiger partial charge in [-0.2, -0.15) is 13.2 Å². The molecular formula is C14H17F3O2. The predicted molar refractivity (Wildman–Crippen MR) is 65.1 cm³/mol. The Bertz CT molecular complexity index is 437. The summed E-state index contributed by atoms with van der Waals surface area (Å²) in [6.07, 6.45) is -2.96. The van der Waals surface area contributed by atoms with E-state index in [9.17, 15) is 13.2 Å². The Morgan fingerprint density at radius 3 is 2.53 bits per heavy atom. The number of aliphatic hydroxyl groups excluding tert-OH is 1. The molecule has 1 fully saturated rings. The maximum Gasteiger partial charge on any atom is 0.419 e. The third-order valence-electron chi connectivity index (χ3n) is 3.25. The molecule has 5 heteroatoms. The van der Waals surface area contributed by atoms with E-state index < -0.39 is 17.8 Å². The molecule has 0 unspecified atom stereocenters. The van der Waals surface area contributed by atoms with Crippen LogP contribution in [0.1, 0.15) is 37.3 Å². The van der Waals surface area contributed by atoms with Crippen molar-refractivity contribution in [2.45, 2.75) is 51.0 Å². The molecule has 1 aromatic rings. The van der Waals surface area contributed by atoms with Crippen LogP contribution >= 0.6 is 0 Å². The lowest BCUT2D eigenvalue weighted by Crippen LogP contribution is -2.37. The molecule has 1 aliphatic carbocycles. The van der Waals surface area contributed by atoms with Crippen molar-refractivity contribution in [3.63, 3.8) is 0 Å². The lowest BCUT2D eigenvalue weighted by Gasteiger charge is -2.32. The Labute approximate surface area is 110 Å². The monoisotopic (exact) mass is 274 g/mol. The molecule has 0 bridgehead atoms. The molecular weight excluding hydrogens is 257 g/mol. The van der Waals surface area contributed by atoms with Crippen LogP contribution < -0.4 is 4.74 Å². The Hall–Kier alpha value is -1.23. The molecule has 1 aliphatic rings. The van der Waals surface area contributed by atoms with Crippen molar-refractivity contribution >= 4 is 0 Å². The molecule has 0 saturated heterocycles. The minimum atomic E-state index is -4.42. The highest BCUT2D eigenvalue weighted by molar-refractivity contribution is 5.39. The van der Waals surface area contributed by atoms with Gasteiger partial charge in [0.2, 0.25) is 0 Å². The Balaban J connectivity index is 2.21. The number of hydrogen-bond donors (Lipinski definition) is 1. The van der Waals surface area contributed by atoms with Gasteiger partial charge in [-0.1, -0.05) is 19.4 Å². The van der Waals surface area contributed by atoms with Crippen molar-refractivity contribution in [1.82, 2.24) is 0 Å². The Kier molecular flexibility index (Phi) is 4.04. The summed E-state index contributed by atoms with van der Waals surface area (Å²) in [6.45, 7) is 1.92. The van der Waals surface area contributed by atoms with Crippen molar-refractivity contribution in [3.05, 3.63) is 29.3 Å². The van der Waals surface area contributed by atoms with Crippen LogP contribution in [0.25, 0.3) is 0 Å². The van der Waals surface area contributed by atoms with Gasteiger partial charge in [-0.25, -0.2) is 0 Å². The molecule has 0 amide bonds. The molecule has 19 heavy (non-hydrogen) atoms. The van der Waals surface area contributed by atoms with Crippen LogP contribution in [-0.2, 0) is 12.6 Å². The van der Waals surface area contributed by atoms with Crippen LogP contribution in [0.2, 0.25) is 0 Å². The third kappa shape index (κ3) is 3.41. The Morgan fingerprint density at radius 2 is 2.00 bits per heavy atom. The van der Waals surface area contributed by atoms with Crippen molar-refractivity contribution < 1.29 is 23.0 Å². The summed E-state index contributed by atoms with van der Waals surface area (Å²) in [4.78, 5) is 0. The van der Waals surface area contributed by atoms with Gasteiger partial charge in [-0.15, -0.1) is 0 Å². The molecule has 0 spiro atoms. The van der Waals surface area contributed by atoms with Crippen LogP contribution in [0.15, 0.2) is 18.2 Å². The van der Waals surface area contributed by atoms with Crippen molar-refractivity contribution in [3.8, 4) is 5.75 Å². The SMILES string of the molecule is CCCc1ccc(OC2CC(O)C2)c(C(F)(F)F)c1. The summed E-state index contributed by atoms with van der Waals surface area (Å²) in [5, 5.41) is 9.14. The minimum absolute atomic E-state index is 0.135. The molecule has 0 atom stereocenters. The molecule has 1 saturated carbocycles. The summed E-state index contributed by atoms with van der Waals surface area (Å²) in [6, 6.07) is 4.22. The molecule has 0 aromatic heterocycles. The molecule has 106 valence electrons. The molecule has 2 rings (SSSR count). The van der Waals surface area contributed by atoms with Crippen LogP contribution in [0.4, 0.5) is 13.2 Å². The van der Waals surface area contributed by atoms with Gasteiger partial charge in [0.25, 0.3) is 0 Å². The summed E-state index contributed by atoms with van der Waals surface area (Å²) < 4.78 is 44.3. The fraction of sp³-hybridized carbons (Fsp3) is 0.571. The maximum atomic E-state index is 13.0. The van der Waals surface area contributed by atoms with E-state index in [0.29, 0.717) is 24.8 Å². The van der Waals surface area contributed by atoms with Gasteiger partial charge in [0, 0.05) is 12.8 Å². The van der Waals surface area contributed by atoms with E-state index in [1.165, 1.54) is 6.07 Å². The van der Waals surface area contributed by atoms with E-state index in [2.05, 4.69) is 0 Å². The molecule has 2 nitrogen and oxygen atoms in total. The van der Waals surface area contributed by atoms with E-state index in [-0.39, 0.29) is 11.9 Å². The lowest BCUT2D eigenvalue weighted by molar-refractivity contribution is -0.140. The number of aliphatic hydroxyl groups is 1. The van der Waals surface area contributed by atoms with Crippen LogP contribution in [0.5, 0.6) is 5.75 Å². The highest BCUT2D eigenvalue weighted by atomic mass is 19.4. The summed E-state index contributed by atoms with van der Waals surface area (Å²) in [7, 11) is 0. The number of halogens is 3. The first-order valence-corrected chi connectivity index (χ1v) is 6.45. The van der Waals surface area contributed by atoms with Gasteiger partial charge < -0.3 is 9.84 Å². The minimum Gasteiger partial charge on any atom is -0.490 e. The van der Waals surface area contributed by atoms with Gasteiger partial charge >= 0.3 is 6.18 Å². The number of benzene rings is 1. The average Bonchev–Trinajstić information content (AvgIpc) is 2.28. The number of aryl methyl sites for hydroxylation is 1. The topological polar surface area (TPSA) is 29.5 Å². The number of alkyl halides is 3. The standard InChI is InChI=1S/C14H17F3O2/c1-2-3-9-4-5-13(12(6-9)14(15,16)17)19-11-7-10(18)8-11/h4-6,10-11,18H,2-3,7-8H2,1H3. The third-order valence-corrected chi connectivity index (χ3v) is 3.25. The smallest absolute Gasteiger partial charge is 0.419 e. The normalized spacial score (nSPS) is 23.0. The number of hydrogen-bond acceptors (Lipinski definition) is 2. The second kappa shape index (κ2) is 5.41.